The van der Waals surface area contributed by atoms with E-state index in [1.54, 1.807) is 12.3 Å². The molecule has 3 rings (SSSR count). The van der Waals surface area contributed by atoms with Gasteiger partial charge in [-0.05, 0) is 31.0 Å². The second-order valence-electron chi connectivity index (χ2n) is 4.91. The van der Waals surface area contributed by atoms with Gasteiger partial charge in [0.1, 0.15) is 5.69 Å². The monoisotopic (exact) mass is 320 g/mol. The first-order chi connectivity index (χ1) is 9.06. The minimum atomic E-state index is -0.136. The topological polar surface area (TPSA) is 51.1 Å². The predicted molar refractivity (Wildman–Crippen MR) is 78.2 cm³/mol. The molecular formula is C14H13BrN2O2. The fourth-order valence-corrected chi connectivity index (χ4v) is 2.50. The van der Waals surface area contributed by atoms with Gasteiger partial charge in [-0.1, -0.05) is 15.9 Å². The first-order valence-corrected chi connectivity index (χ1v) is 6.95. The van der Waals surface area contributed by atoms with Gasteiger partial charge in [0.2, 0.25) is 11.3 Å². The summed E-state index contributed by atoms with van der Waals surface area (Å²) in [4.78, 5) is 24.1. The Hall–Kier alpha value is -1.62. The van der Waals surface area contributed by atoms with Crippen molar-refractivity contribution in [3.8, 4) is 0 Å². The average Bonchev–Trinajstić information content (AvgIpc) is 3.19. The fourth-order valence-electron chi connectivity index (χ4n) is 2.13. The van der Waals surface area contributed by atoms with E-state index in [-0.39, 0.29) is 17.3 Å². The number of carbonyl (C=O) groups is 1. The molecule has 1 aliphatic carbocycles. The summed E-state index contributed by atoms with van der Waals surface area (Å²) in [6.07, 6.45) is 3.52. The van der Waals surface area contributed by atoms with Crippen LogP contribution in [0.25, 0.3) is 10.9 Å². The molecule has 0 radical (unpaired) electrons. The lowest BCUT2D eigenvalue weighted by Crippen LogP contribution is -2.21. The highest BCUT2D eigenvalue weighted by atomic mass is 79.9. The maximum atomic E-state index is 12.4. The van der Waals surface area contributed by atoms with E-state index >= 15 is 0 Å². The van der Waals surface area contributed by atoms with Crippen molar-refractivity contribution in [1.82, 2.24) is 4.57 Å². The zero-order chi connectivity index (χ0) is 13.6. The van der Waals surface area contributed by atoms with E-state index in [1.165, 1.54) is 0 Å². The van der Waals surface area contributed by atoms with Gasteiger partial charge in [-0.3, -0.25) is 9.59 Å². The lowest BCUT2D eigenvalue weighted by molar-refractivity contribution is -0.117. The van der Waals surface area contributed by atoms with E-state index < -0.39 is 0 Å². The molecule has 98 valence electrons. The largest absolute Gasteiger partial charge is 0.348 e. The van der Waals surface area contributed by atoms with Gasteiger partial charge in [0.15, 0.2) is 0 Å². The first-order valence-electron chi connectivity index (χ1n) is 6.16. The highest BCUT2D eigenvalue weighted by Crippen LogP contribution is 2.30. The molecule has 0 bridgehead atoms. The van der Waals surface area contributed by atoms with Crippen LogP contribution < -0.4 is 10.7 Å². The molecule has 1 N–H and O–H groups in total. The van der Waals surface area contributed by atoms with Crippen molar-refractivity contribution in [2.24, 2.45) is 13.0 Å². The highest BCUT2D eigenvalue weighted by Gasteiger charge is 2.30. The van der Waals surface area contributed by atoms with Crippen LogP contribution in [0.1, 0.15) is 12.8 Å². The van der Waals surface area contributed by atoms with Crippen LogP contribution in [-0.4, -0.2) is 10.5 Å². The van der Waals surface area contributed by atoms with E-state index in [0.29, 0.717) is 11.1 Å². The highest BCUT2D eigenvalue weighted by molar-refractivity contribution is 9.10. The second-order valence-corrected chi connectivity index (χ2v) is 5.82. The van der Waals surface area contributed by atoms with Crippen molar-refractivity contribution in [3.05, 3.63) is 39.1 Å². The molecule has 1 aliphatic rings. The molecule has 1 fully saturated rings. The third-order valence-corrected chi connectivity index (χ3v) is 3.85. The molecule has 1 saturated carbocycles. The summed E-state index contributed by atoms with van der Waals surface area (Å²) in [6.45, 7) is 0. The summed E-state index contributed by atoms with van der Waals surface area (Å²) in [7, 11) is 1.86. The summed E-state index contributed by atoms with van der Waals surface area (Å²) >= 11 is 3.36. The number of nitrogens with zero attached hydrogens (tertiary/aromatic N) is 1. The maximum absolute atomic E-state index is 12.4. The number of amides is 1. The third-order valence-electron chi connectivity index (χ3n) is 3.36. The maximum Gasteiger partial charge on any atom is 0.227 e. The molecule has 1 aromatic carbocycles. The van der Waals surface area contributed by atoms with E-state index in [0.717, 1.165) is 22.8 Å². The lowest BCUT2D eigenvalue weighted by atomic mass is 10.2. The molecule has 0 aliphatic heterocycles. The van der Waals surface area contributed by atoms with Crippen LogP contribution in [0.2, 0.25) is 0 Å². The van der Waals surface area contributed by atoms with Crippen LogP contribution in [0.4, 0.5) is 5.69 Å². The van der Waals surface area contributed by atoms with Crippen molar-refractivity contribution >= 4 is 38.4 Å². The summed E-state index contributed by atoms with van der Waals surface area (Å²) in [6, 6.07) is 5.56. The predicted octanol–water partition coefficient (Wildman–Crippen LogP) is 2.65. The number of aromatic nitrogens is 1. The van der Waals surface area contributed by atoms with Gasteiger partial charge >= 0.3 is 0 Å². The van der Waals surface area contributed by atoms with Crippen LogP contribution in [-0.2, 0) is 11.8 Å². The van der Waals surface area contributed by atoms with Gasteiger partial charge in [-0.25, -0.2) is 0 Å². The van der Waals surface area contributed by atoms with Crippen molar-refractivity contribution in [3.63, 3.8) is 0 Å². The number of hydrogen-bond donors (Lipinski definition) is 1. The number of aryl methyl sites for hydroxylation is 1. The molecule has 1 aromatic heterocycles. The molecule has 1 amide bonds. The number of pyridine rings is 1. The van der Waals surface area contributed by atoms with Gasteiger partial charge in [-0.15, -0.1) is 0 Å². The number of fused-ring (bicyclic) bond motifs is 1. The second kappa shape index (κ2) is 4.49. The Kier molecular flexibility index (Phi) is 2.93. The summed E-state index contributed by atoms with van der Waals surface area (Å²) in [5.74, 6) is 0.0364. The Labute approximate surface area is 118 Å². The Bertz CT molecular complexity index is 732. The molecule has 2 aromatic rings. The standard InChI is InChI=1S/C14H13BrN2O2/c1-17-7-11(16-14(19)8-2-3-8)13(18)10-6-9(15)4-5-12(10)17/h4-8H,2-3H2,1H3,(H,16,19). The number of benzene rings is 1. The van der Waals surface area contributed by atoms with Gasteiger partial charge in [0.05, 0.1) is 5.52 Å². The molecule has 0 spiro atoms. The van der Waals surface area contributed by atoms with E-state index in [4.69, 9.17) is 0 Å². The van der Waals surface area contributed by atoms with Crippen LogP contribution in [0.3, 0.4) is 0 Å². The van der Waals surface area contributed by atoms with Gasteiger partial charge in [0, 0.05) is 29.0 Å². The third kappa shape index (κ3) is 2.30. The first kappa shape index (κ1) is 12.4. The van der Waals surface area contributed by atoms with Crippen molar-refractivity contribution in [1.29, 1.82) is 0 Å². The SMILES string of the molecule is Cn1cc(NC(=O)C2CC2)c(=O)c2cc(Br)ccc21. The summed E-state index contributed by atoms with van der Waals surface area (Å²) in [5.41, 5.74) is 1.06. The Morgan fingerprint density at radius 1 is 1.42 bits per heavy atom. The molecule has 0 unspecified atom stereocenters. The number of nitrogens with one attached hydrogen (secondary N) is 1. The van der Waals surface area contributed by atoms with Crippen molar-refractivity contribution in [2.45, 2.75) is 12.8 Å². The zero-order valence-corrected chi connectivity index (χ0v) is 12.0. The van der Waals surface area contributed by atoms with Crippen molar-refractivity contribution < 1.29 is 4.79 Å². The van der Waals surface area contributed by atoms with Crippen LogP contribution in [0.5, 0.6) is 0 Å². The quantitative estimate of drug-likeness (QED) is 0.924. The molecule has 1 heterocycles. The summed E-state index contributed by atoms with van der Waals surface area (Å²) < 4.78 is 2.70. The smallest absolute Gasteiger partial charge is 0.227 e. The van der Waals surface area contributed by atoms with E-state index in [1.807, 2.05) is 23.7 Å². The fraction of sp³-hybridized carbons (Fsp3) is 0.286. The minimum absolute atomic E-state index is 0.0496. The average molecular weight is 321 g/mol. The number of rotatable bonds is 2. The molecule has 19 heavy (non-hydrogen) atoms. The number of hydrogen-bond acceptors (Lipinski definition) is 2. The Morgan fingerprint density at radius 3 is 2.84 bits per heavy atom. The minimum Gasteiger partial charge on any atom is -0.348 e. The van der Waals surface area contributed by atoms with Gasteiger partial charge in [-0.2, -0.15) is 0 Å². The normalized spacial score (nSPS) is 14.6. The summed E-state index contributed by atoms with van der Waals surface area (Å²) in [5, 5.41) is 3.34. The number of anilines is 1. The molecule has 4 nitrogen and oxygen atoms in total. The molecular weight excluding hydrogens is 308 g/mol. The van der Waals surface area contributed by atoms with E-state index in [2.05, 4.69) is 21.2 Å². The van der Waals surface area contributed by atoms with E-state index in [9.17, 15) is 9.59 Å². The van der Waals surface area contributed by atoms with Crippen molar-refractivity contribution in [2.75, 3.05) is 5.32 Å². The lowest BCUT2D eigenvalue weighted by Gasteiger charge is -2.10. The zero-order valence-electron chi connectivity index (χ0n) is 10.4. The Balaban J connectivity index is 2.12. The van der Waals surface area contributed by atoms with Crippen LogP contribution in [0, 0.1) is 5.92 Å². The van der Waals surface area contributed by atoms with Gasteiger partial charge < -0.3 is 9.88 Å². The number of carbonyl (C=O) groups excluding carboxylic acids is 1. The van der Waals surface area contributed by atoms with Crippen LogP contribution >= 0.6 is 15.9 Å². The van der Waals surface area contributed by atoms with Gasteiger partial charge in [0.25, 0.3) is 0 Å². The molecule has 0 atom stereocenters. The number of halogens is 1. The van der Waals surface area contributed by atoms with Crippen LogP contribution in [0.15, 0.2) is 33.7 Å². The molecule has 5 heteroatoms. The molecule has 0 saturated heterocycles. The Morgan fingerprint density at radius 2 is 2.16 bits per heavy atom.